The van der Waals surface area contributed by atoms with E-state index in [9.17, 15) is 9.59 Å². The van der Waals surface area contributed by atoms with Gasteiger partial charge in [-0.1, -0.05) is 24.3 Å². The highest BCUT2D eigenvalue weighted by Gasteiger charge is 2.07. The minimum Gasteiger partial charge on any atom is -0.493 e. The molecule has 0 aromatic heterocycles. The van der Waals surface area contributed by atoms with Gasteiger partial charge in [0.15, 0.2) is 0 Å². The Balaban J connectivity index is 1.67. The number of hydrogen-bond acceptors (Lipinski definition) is 3. The summed E-state index contributed by atoms with van der Waals surface area (Å²) >= 11 is 0. The molecule has 2 rings (SSSR count). The second-order valence-corrected chi connectivity index (χ2v) is 5.54. The summed E-state index contributed by atoms with van der Waals surface area (Å²) in [6.07, 6.45) is 0.200. The van der Waals surface area contributed by atoms with E-state index >= 15 is 0 Å². The molecule has 0 unspecified atom stereocenters. The van der Waals surface area contributed by atoms with Crippen LogP contribution in [-0.2, 0) is 9.59 Å². The van der Waals surface area contributed by atoms with Gasteiger partial charge in [-0.05, 0) is 49.2 Å². The fourth-order valence-electron chi connectivity index (χ4n) is 2.07. The summed E-state index contributed by atoms with van der Waals surface area (Å²) in [7, 11) is 0. The molecule has 2 aromatic carbocycles. The first-order valence-electron chi connectivity index (χ1n) is 7.86. The van der Waals surface area contributed by atoms with Crippen LogP contribution in [0.3, 0.4) is 0 Å². The molecule has 0 saturated carbocycles. The molecule has 0 saturated heterocycles. The minimum absolute atomic E-state index is 0.0584. The normalized spacial score (nSPS) is 10.1. The van der Waals surface area contributed by atoms with Crippen molar-refractivity contribution in [3.05, 3.63) is 59.7 Å². The Hall–Kier alpha value is -2.82. The molecule has 5 heteroatoms. The van der Waals surface area contributed by atoms with E-state index in [-0.39, 0.29) is 31.4 Å². The van der Waals surface area contributed by atoms with Gasteiger partial charge >= 0.3 is 0 Å². The Morgan fingerprint density at radius 3 is 2.42 bits per heavy atom. The van der Waals surface area contributed by atoms with E-state index in [4.69, 9.17) is 4.74 Å². The highest BCUT2D eigenvalue weighted by molar-refractivity contribution is 5.94. The summed E-state index contributed by atoms with van der Waals surface area (Å²) in [6.45, 7) is 4.21. The largest absolute Gasteiger partial charge is 0.493 e. The first-order chi connectivity index (χ1) is 11.5. The molecule has 24 heavy (non-hydrogen) atoms. The quantitative estimate of drug-likeness (QED) is 0.822. The Labute approximate surface area is 142 Å². The van der Waals surface area contributed by atoms with Gasteiger partial charge in [-0.15, -0.1) is 0 Å². The molecule has 0 bridgehead atoms. The van der Waals surface area contributed by atoms with Gasteiger partial charge in [0, 0.05) is 5.69 Å². The smallest absolute Gasteiger partial charge is 0.243 e. The van der Waals surface area contributed by atoms with Gasteiger partial charge in [-0.25, -0.2) is 0 Å². The van der Waals surface area contributed by atoms with Crippen molar-refractivity contribution < 1.29 is 14.3 Å². The SMILES string of the molecule is Cc1ccc(NC(=O)CNC(=O)CCOc2ccccc2)cc1C. The lowest BCUT2D eigenvalue weighted by Crippen LogP contribution is -2.33. The number of nitrogens with one attached hydrogen (secondary N) is 2. The number of anilines is 1. The van der Waals surface area contributed by atoms with E-state index in [0.717, 1.165) is 17.0 Å². The number of amides is 2. The van der Waals surface area contributed by atoms with Crippen LogP contribution in [0.5, 0.6) is 5.75 Å². The number of carbonyl (C=O) groups is 2. The summed E-state index contributed by atoms with van der Waals surface area (Å²) in [4.78, 5) is 23.6. The molecule has 0 aliphatic rings. The molecular weight excluding hydrogens is 304 g/mol. The lowest BCUT2D eigenvalue weighted by atomic mass is 10.1. The summed E-state index contributed by atoms with van der Waals surface area (Å²) in [5, 5.41) is 5.35. The van der Waals surface area contributed by atoms with Crippen LogP contribution in [0, 0.1) is 13.8 Å². The maximum Gasteiger partial charge on any atom is 0.243 e. The average Bonchev–Trinajstić information content (AvgIpc) is 2.57. The van der Waals surface area contributed by atoms with Crippen molar-refractivity contribution >= 4 is 17.5 Å². The number of aryl methyl sites for hydroxylation is 2. The van der Waals surface area contributed by atoms with E-state index in [0.29, 0.717) is 0 Å². The second-order valence-electron chi connectivity index (χ2n) is 5.54. The number of rotatable bonds is 7. The third-order valence-corrected chi connectivity index (χ3v) is 3.58. The van der Waals surface area contributed by atoms with E-state index in [1.165, 1.54) is 5.56 Å². The van der Waals surface area contributed by atoms with Gasteiger partial charge in [-0.2, -0.15) is 0 Å². The van der Waals surface area contributed by atoms with Gasteiger partial charge in [0.25, 0.3) is 0 Å². The molecular formula is C19H22N2O3. The predicted molar refractivity (Wildman–Crippen MR) is 94.1 cm³/mol. The van der Waals surface area contributed by atoms with Crippen molar-refractivity contribution in [1.29, 1.82) is 0 Å². The average molecular weight is 326 g/mol. The third-order valence-electron chi connectivity index (χ3n) is 3.58. The lowest BCUT2D eigenvalue weighted by Gasteiger charge is -2.09. The summed E-state index contributed by atoms with van der Waals surface area (Å²) in [5.41, 5.74) is 3.00. The molecule has 126 valence electrons. The molecule has 0 aliphatic carbocycles. The maximum atomic E-state index is 11.9. The Bertz CT molecular complexity index is 699. The molecule has 0 aliphatic heterocycles. The van der Waals surface area contributed by atoms with E-state index < -0.39 is 0 Å². The number of para-hydroxylation sites is 1. The molecule has 5 nitrogen and oxygen atoms in total. The monoisotopic (exact) mass is 326 g/mol. The van der Waals surface area contributed by atoms with Gasteiger partial charge in [0.2, 0.25) is 11.8 Å². The molecule has 0 spiro atoms. The fraction of sp³-hybridized carbons (Fsp3) is 0.263. The first-order valence-corrected chi connectivity index (χ1v) is 7.86. The number of carbonyl (C=O) groups excluding carboxylic acids is 2. The third kappa shape index (κ3) is 5.76. The van der Waals surface area contributed by atoms with Gasteiger partial charge in [0.1, 0.15) is 5.75 Å². The molecule has 2 aromatic rings. The molecule has 0 radical (unpaired) electrons. The van der Waals surface area contributed by atoms with E-state index in [2.05, 4.69) is 10.6 Å². The topological polar surface area (TPSA) is 67.4 Å². The number of benzene rings is 2. The van der Waals surface area contributed by atoms with Crippen molar-refractivity contribution in [3.8, 4) is 5.75 Å². The highest BCUT2D eigenvalue weighted by atomic mass is 16.5. The second kappa shape index (κ2) is 8.72. The van der Waals surface area contributed by atoms with Gasteiger partial charge in [0.05, 0.1) is 19.6 Å². The van der Waals surface area contributed by atoms with Crippen molar-refractivity contribution in [3.63, 3.8) is 0 Å². The Kier molecular flexibility index (Phi) is 6.37. The van der Waals surface area contributed by atoms with Crippen molar-refractivity contribution in [2.24, 2.45) is 0 Å². The van der Waals surface area contributed by atoms with Crippen LogP contribution in [0.1, 0.15) is 17.5 Å². The van der Waals surface area contributed by atoms with E-state index in [1.807, 2.05) is 62.4 Å². The zero-order valence-corrected chi connectivity index (χ0v) is 14.0. The van der Waals surface area contributed by atoms with Crippen LogP contribution in [0.25, 0.3) is 0 Å². The van der Waals surface area contributed by atoms with Gasteiger partial charge < -0.3 is 15.4 Å². The van der Waals surface area contributed by atoms with E-state index in [1.54, 1.807) is 0 Å². The molecule has 2 N–H and O–H groups in total. The lowest BCUT2D eigenvalue weighted by molar-refractivity contribution is -0.124. The molecule has 0 atom stereocenters. The first kappa shape index (κ1) is 17.5. The Morgan fingerprint density at radius 2 is 1.71 bits per heavy atom. The van der Waals surface area contributed by atoms with Crippen LogP contribution in [0.2, 0.25) is 0 Å². The predicted octanol–water partition coefficient (Wildman–Crippen LogP) is 2.83. The zero-order valence-electron chi connectivity index (χ0n) is 14.0. The molecule has 0 heterocycles. The Morgan fingerprint density at radius 1 is 0.958 bits per heavy atom. The summed E-state index contributed by atoms with van der Waals surface area (Å²) in [5.74, 6) is 0.245. The summed E-state index contributed by atoms with van der Waals surface area (Å²) < 4.78 is 5.44. The van der Waals surface area contributed by atoms with Crippen molar-refractivity contribution in [2.75, 3.05) is 18.5 Å². The van der Waals surface area contributed by atoms with Crippen LogP contribution in [-0.4, -0.2) is 25.0 Å². The van der Waals surface area contributed by atoms with Crippen LogP contribution in [0.4, 0.5) is 5.69 Å². The standard InChI is InChI=1S/C19H22N2O3/c1-14-8-9-16(12-15(14)2)21-19(23)13-20-18(22)10-11-24-17-6-4-3-5-7-17/h3-9,12H,10-11,13H2,1-2H3,(H,20,22)(H,21,23). The summed E-state index contributed by atoms with van der Waals surface area (Å²) in [6, 6.07) is 15.0. The van der Waals surface area contributed by atoms with Gasteiger partial charge in [-0.3, -0.25) is 9.59 Å². The fourth-order valence-corrected chi connectivity index (χ4v) is 2.07. The van der Waals surface area contributed by atoms with Crippen LogP contribution in [0.15, 0.2) is 48.5 Å². The number of ether oxygens (including phenoxy) is 1. The zero-order chi connectivity index (χ0) is 17.4. The van der Waals surface area contributed by atoms with Crippen molar-refractivity contribution in [1.82, 2.24) is 5.32 Å². The highest BCUT2D eigenvalue weighted by Crippen LogP contribution is 2.13. The van der Waals surface area contributed by atoms with Crippen LogP contribution >= 0.6 is 0 Å². The van der Waals surface area contributed by atoms with Crippen molar-refractivity contribution in [2.45, 2.75) is 20.3 Å². The maximum absolute atomic E-state index is 11.9. The molecule has 0 fully saturated rings. The molecule has 2 amide bonds. The van der Waals surface area contributed by atoms with Crippen LogP contribution < -0.4 is 15.4 Å². The number of hydrogen-bond donors (Lipinski definition) is 2. The minimum atomic E-state index is -0.254.